The Morgan fingerprint density at radius 1 is 0.722 bits per heavy atom. The van der Waals surface area contributed by atoms with Crippen molar-refractivity contribution in [2.75, 3.05) is 13.1 Å². The van der Waals surface area contributed by atoms with E-state index in [0.29, 0.717) is 0 Å². The van der Waals surface area contributed by atoms with Gasteiger partial charge in [0, 0.05) is 0 Å². The van der Waals surface area contributed by atoms with Gasteiger partial charge in [-0.1, -0.05) is 90.9 Å². The fourth-order valence-corrected chi connectivity index (χ4v) is 2.27. The first kappa shape index (κ1) is 20.9. The van der Waals surface area contributed by atoms with Crippen molar-refractivity contribution in [2.24, 2.45) is 11.8 Å². The van der Waals surface area contributed by atoms with Gasteiger partial charge >= 0.3 is 18.9 Å². The van der Waals surface area contributed by atoms with Gasteiger partial charge in [-0.15, -0.1) is 13.1 Å². The first-order valence-corrected chi connectivity index (χ1v) is 7.91. The van der Waals surface area contributed by atoms with Crippen LogP contribution in [0.15, 0.2) is 0 Å². The molecule has 0 aliphatic carbocycles. The minimum atomic E-state index is 0. The van der Waals surface area contributed by atoms with E-state index < -0.39 is 0 Å². The van der Waals surface area contributed by atoms with Crippen LogP contribution in [0.3, 0.4) is 0 Å². The van der Waals surface area contributed by atoms with Crippen LogP contribution in [0.25, 0.3) is 5.32 Å². The summed E-state index contributed by atoms with van der Waals surface area (Å²) in [6.07, 6.45) is 10.8. The monoisotopic (exact) mass is 247 g/mol. The van der Waals surface area contributed by atoms with Crippen LogP contribution in [0.4, 0.5) is 0 Å². The summed E-state index contributed by atoms with van der Waals surface area (Å²) < 4.78 is 0. The molecule has 0 aromatic heterocycles. The van der Waals surface area contributed by atoms with E-state index in [4.69, 9.17) is 5.32 Å². The molecule has 18 heavy (non-hydrogen) atoms. The second-order valence-electron chi connectivity index (χ2n) is 5.42. The molecule has 0 bridgehead atoms. The van der Waals surface area contributed by atoms with Crippen molar-refractivity contribution in [1.82, 2.24) is 0 Å². The molecule has 0 aromatic carbocycles. The zero-order valence-electron chi connectivity index (χ0n) is 13.7. The summed E-state index contributed by atoms with van der Waals surface area (Å²) in [6.45, 7) is 11.4. The standard InChI is InChI=1S/C16H34N.Li/c1-5-9-11-15(7-3)13-17-14-16(8-4)12-10-6-2;/h15-16H,5-14H2,1-4H3;/q-1;+1. The number of unbranched alkanes of at least 4 members (excludes halogenated alkanes) is 2. The fourth-order valence-electron chi connectivity index (χ4n) is 2.27. The summed E-state index contributed by atoms with van der Waals surface area (Å²) in [6, 6.07) is 0. The molecule has 0 N–H and O–H groups in total. The van der Waals surface area contributed by atoms with E-state index >= 15 is 0 Å². The smallest absolute Gasteiger partial charge is 0.662 e. The van der Waals surface area contributed by atoms with Crippen LogP contribution < -0.4 is 18.9 Å². The Hall–Kier alpha value is 0.557. The van der Waals surface area contributed by atoms with Crippen molar-refractivity contribution in [3.63, 3.8) is 0 Å². The summed E-state index contributed by atoms with van der Waals surface area (Å²) in [4.78, 5) is 0. The molecule has 0 saturated carbocycles. The molecule has 0 aliphatic rings. The summed E-state index contributed by atoms with van der Waals surface area (Å²) in [5.74, 6) is 1.69. The normalized spacial score (nSPS) is 14.0. The topological polar surface area (TPSA) is 14.1 Å². The van der Waals surface area contributed by atoms with Gasteiger partial charge in [-0.05, 0) is 0 Å². The fraction of sp³-hybridized carbons (Fsp3) is 1.00. The molecular weight excluding hydrogens is 213 g/mol. The van der Waals surface area contributed by atoms with Crippen LogP contribution in [0, 0.1) is 11.8 Å². The Morgan fingerprint density at radius 3 is 1.39 bits per heavy atom. The Balaban J connectivity index is 0. The number of hydrogen-bond acceptors (Lipinski definition) is 0. The van der Waals surface area contributed by atoms with Crippen molar-refractivity contribution < 1.29 is 18.9 Å². The van der Waals surface area contributed by atoms with Crippen LogP contribution in [0.5, 0.6) is 0 Å². The average molecular weight is 247 g/mol. The quantitative estimate of drug-likeness (QED) is 0.471. The van der Waals surface area contributed by atoms with E-state index in [1.54, 1.807) is 0 Å². The molecule has 0 aliphatic heterocycles. The molecular formula is C16H34LiN. The molecule has 0 saturated heterocycles. The van der Waals surface area contributed by atoms with Gasteiger partial charge in [-0.25, -0.2) is 0 Å². The third kappa shape index (κ3) is 11.6. The Bertz CT molecular complexity index is 134. The molecule has 0 heterocycles. The molecule has 1 nitrogen and oxygen atoms in total. The average Bonchev–Trinajstić information content (AvgIpc) is 2.37. The molecule has 0 fully saturated rings. The van der Waals surface area contributed by atoms with E-state index in [9.17, 15) is 0 Å². The minimum absolute atomic E-state index is 0. The first-order valence-electron chi connectivity index (χ1n) is 7.91. The van der Waals surface area contributed by atoms with Crippen LogP contribution in [0.1, 0.15) is 79.1 Å². The van der Waals surface area contributed by atoms with Gasteiger partial charge < -0.3 is 5.32 Å². The first-order chi connectivity index (χ1) is 8.28. The predicted octanol–water partition coefficient (Wildman–Crippen LogP) is 2.80. The van der Waals surface area contributed by atoms with Gasteiger partial charge in [-0.3, -0.25) is 0 Å². The number of nitrogens with zero attached hydrogens (tertiary/aromatic N) is 1. The Kier molecular flexibility index (Phi) is 18.1. The van der Waals surface area contributed by atoms with Crippen LogP contribution in [-0.4, -0.2) is 13.1 Å². The van der Waals surface area contributed by atoms with Crippen molar-refractivity contribution in [3.8, 4) is 0 Å². The van der Waals surface area contributed by atoms with Gasteiger partial charge in [0.2, 0.25) is 0 Å². The molecule has 0 amide bonds. The van der Waals surface area contributed by atoms with Crippen molar-refractivity contribution in [1.29, 1.82) is 0 Å². The van der Waals surface area contributed by atoms with Crippen molar-refractivity contribution >= 4 is 0 Å². The van der Waals surface area contributed by atoms with Gasteiger partial charge in [-0.2, -0.15) is 0 Å². The third-order valence-corrected chi connectivity index (χ3v) is 3.86. The van der Waals surface area contributed by atoms with Crippen molar-refractivity contribution in [3.05, 3.63) is 5.32 Å². The molecule has 2 unspecified atom stereocenters. The summed E-state index contributed by atoms with van der Waals surface area (Å²) in [7, 11) is 0. The van der Waals surface area contributed by atoms with Gasteiger partial charge in [0.15, 0.2) is 0 Å². The van der Waals surface area contributed by atoms with Gasteiger partial charge in [0.05, 0.1) is 0 Å². The zero-order chi connectivity index (χ0) is 12.9. The molecule has 0 spiro atoms. The van der Waals surface area contributed by atoms with Crippen LogP contribution in [0.2, 0.25) is 0 Å². The Morgan fingerprint density at radius 2 is 1.11 bits per heavy atom. The summed E-state index contributed by atoms with van der Waals surface area (Å²) >= 11 is 0. The predicted molar refractivity (Wildman–Crippen MR) is 79.7 cm³/mol. The molecule has 2 atom stereocenters. The van der Waals surface area contributed by atoms with E-state index in [1.807, 2.05) is 0 Å². The van der Waals surface area contributed by atoms with E-state index in [-0.39, 0.29) is 18.9 Å². The molecule has 0 aromatic rings. The molecule has 0 radical (unpaired) electrons. The van der Waals surface area contributed by atoms with E-state index in [2.05, 4.69) is 27.7 Å². The van der Waals surface area contributed by atoms with Crippen LogP contribution >= 0.6 is 0 Å². The second kappa shape index (κ2) is 15.6. The molecule has 104 valence electrons. The minimum Gasteiger partial charge on any atom is -0.662 e. The SMILES string of the molecule is CCCCC(CC)C[N-]CC(CC)CCCC.[Li+]. The van der Waals surface area contributed by atoms with E-state index in [1.165, 1.54) is 51.4 Å². The van der Waals surface area contributed by atoms with E-state index in [0.717, 1.165) is 24.9 Å². The number of hydrogen-bond donors (Lipinski definition) is 0. The maximum atomic E-state index is 4.82. The summed E-state index contributed by atoms with van der Waals surface area (Å²) in [5, 5.41) is 4.82. The maximum Gasteiger partial charge on any atom is 1.00 e. The maximum absolute atomic E-state index is 4.82. The largest absolute Gasteiger partial charge is 1.00 e. The number of rotatable bonds is 12. The van der Waals surface area contributed by atoms with Gasteiger partial charge in [0.1, 0.15) is 0 Å². The summed E-state index contributed by atoms with van der Waals surface area (Å²) in [5.41, 5.74) is 0. The zero-order valence-corrected chi connectivity index (χ0v) is 13.7. The molecule has 2 heteroatoms. The van der Waals surface area contributed by atoms with Crippen molar-refractivity contribution in [2.45, 2.75) is 79.1 Å². The third-order valence-electron chi connectivity index (χ3n) is 3.86. The molecule has 0 rings (SSSR count). The second-order valence-corrected chi connectivity index (χ2v) is 5.42. The Labute approximate surface area is 128 Å². The van der Waals surface area contributed by atoms with Gasteiger partial charge in [0.25, 0.3) is 0 Å². The van der Waals surface area contributed by atoms with Crippen LogP contribution in [-0.2, 0) is 0 Å².